The van der Waals surface area contributed by atoms with Crippen molar-refractivity contribution in [2.45, 2.75) is 44.1 Å². The van der Waals surface area contributed by atoms with E-state index in [0.29, 0.717) is 5.92 Å². The van der Waals surface area contributed by atoms with Crippen molar-refractivity contribution in [1.82, 2.24) is 11.1 Å². The molecular formula is C22H34N2O. The SMILES string of the molecule is CN1CCC(O)(c2ccccc2)C(C2C3CC4CC(C3)CC2C4)C1.N. The van der Waals surface area contributed by atoms with Crippen LogP contribution >= 0.6 is 0 Å². The van der Waals surface area contributed by atoms with Crippen LogP contribution in [0.15, 0.2) is 30.3 Å². The average Bonchev–Trinajstić information content (AvgIpc) is 2.58. The molecule has 4 aliphatic carbocycles. The van der Waals surface area contributed by atoms with Crippen LogP contribution in [0.4, 0.5) is 0 Å². The van der Waals surface area contributed by atoms with Gasteiger partial charge in [0.15, 0.2) is 0 Å². The van der Waals surface area contributed by atoms with E-state index in [1.165, 1.54) is 32.1 Å². The van der Waals surface area contributed by atoms with Crippen molar-refractivity contribution in [2.24, 2.45) is 35.5 Å². The molecule has 4 bridgehead atoms. The van der Waals surface area contributed by atoms with Gasteiger partial charge in [-0.15, -0.1) is 0 Å². The Morgan fingerprint density at radius 1 is 0.960 bits per heavy atom. The largest absolute Gasteiger partial charge is 0.385 e. The summed E-state index contributed by atoms with van der Waals surface area (Å²) in [6, 6.07) is 10.6. The van der Waals surface area contributed by atoms with E-state index in [4.69, 9.17) is 0 Å². The lowest BCUT2D eigenvalue weighted by Gasteiger charge is -2.60. The molecule has 25 heavy (non-hydrogen) atoms. The van der Waals surface area contributed by atoms with E-state index < -0.39 is 5.60 Å². The number of rotatable bonds is 2. The summed E-state index contributed by atoms with van der Waals surface area (Å²) in [5, 5.41) is 11.9. The molecule has 0 amide bonds. The number of hydrogen-bond donors (Lipinski definition) is 2. The first-order valence-corrected chi connectivity index (χ1v) is 10.1. The Morgan fingerprint density at radius 3 is 2.16 bits per heavy atom. The lowest BCUT2D eigenvalue weighted by molar-refractivity contribution is -0.154. The summed E-state index contributed by atoms with van der Waals surface area (Å²) in [7, 11) is 2.24. The standard InChI is InChI=1S/C22H31NO.H3N/c1-23-8-7-22(24,19-5-3-2-4-6-19)20(14-23)21-17-10-15-9-16(12-17)13-18(21)11-15;/h2-6,15-18,20-21,24H,7-14H2,1H3;1H3. The number of aliphatic hydroxyl groups is 1. The Hall–Kier alpha value is -0.900. The molecule has 0 aromatic heterocycles. The van der Waals surface area contributed by atoms with Crippen molar-refractivity contribution in [2.75, 3.05) is 20.1 Å². The summed E-state index contributed by atoms with van der Waals surface area (Å²) >= 11 is 0. The van der Waals surface area contributed by atoms with Gasteiger partial charge in [0.2, 0.25) is 0 Å². The third kappa shape index (κ3) is 2.75. The molecular weight excluding hydrogens is 308 g/mol. The zero-order chi connectivity index (χ0) is 16.3. The van der Waals surface area contributed by atoms with Gasteiger partial charge in [0.1, 0.15) is 0 Å². The van der Waals surface area contributed by atoms with Crippen LogP contribution in [0.3, 0.4) is 0 Å². The molecule has 5 fully saturated rings. The quantitative estimate of drug-likeness (QED) is 0.852. The minimum atomic E-state index is -0.617. The first-order valence-electron chi connectivity index (χ1n) is 10.1. The van der Waals surface area contributed by atoms with Gasteiger partial charge >= 0.3 is 0 Å². The van der Waals surface area contributed by atoms with Gasteiger partial charge in [-0.3, -0.25) is 0 Å². The molecule has 1 saturated heterocycles. The molecule has 138 valence electrons. The van der Waals surface area contributed by atoms with E-state index >= 15 is 0 Å². The Bertz CT molecular complexity index is 575. The second-order valence-electron chi connectivity index (χ2n) is 9.42. The minimum Gasteiger partial charge on any atom is -0.385 e. The smallest absolute Gasteiger partial charge is 0.0951 e. The highest BCUT2D eigenvalue weighted by Gasteiger charge is 2.56. The Kier molecular flexibility index (Phi) is 4.46. The van der Waals surface area contributed by atoms with Gasteiger partial charge in [0.25, 0.3) is 0 Å². The van der Waals surface area contributed by atoms with Gasteiger partial charge in [-0.25, -0.2) is 0 Å². The highest BCUT2D eigenvalue weighted by Crippen LogP contribution is 2.61. The summed E-state index contributed by atoms with van der Waals surface area (Å²) in [5.74, 6) is 4.94. The number of likely N-dealkylation sites (tertiary alicyclic amines) is 1. The van der Waals surface area contributed by atoms with E-state index in [1.807, 2.05) is 0 Å². The molecule has 0 spiro atoms. The molecule has 1 aromatic rings. The van der Waals surface area contributed by atoms with E-state index in [-0.39, 0.29) is 6.15 Å². The summed E-state index contributed by atoms with van der Waals surface area (Å²) in [5.41, 5.74) is 0.547. The highest BCUT2D eigenvalue weighted by atomic mass is 16.3. The van der Waals surface area contributed by atoms with Crippen LogP contribution < -0.4 is 6.15 Å². The van der Waals surface area contributed by atoms with Crippen LogP contribution in [0, 0.1) is 35.5 Å². The van der Waals surface area contributed by atoms with Crippen molar-refractivity contribution >= 4 is 0 Å². The van der Waals surface area contributed by atoms with Gasteiger partial charge in [-0.2, -0.15) is 0 Å². The molecule has 2 atom stereocenters. The minimum absolute atomic E-state index is 0. The summed E-state index contributed by atoms with van der Waals surface area (Å²) in [6.07, 6.45) is 8.19. The summed E-state index contributed by atoms with van der Waals surface area (Å²) < 4.78 is 0. The molecule has 1 heterocycles. The lowest BCUT2D eigenvalue weighted by Crippen LogP contribution is -2.58. The fourth-order valence-corrected chi connectivity index (χ4v) is 7.27. The Balaban J connectivity index is 0.00000157. The fourth-order valence-electron chi connectivity index (χ4n) is 7.27. The molecule has 3 nitrogen and oxygen atoms in total. The van der Waals surface area contributed by atoms with Crippen molar-refractivity contribution in [3.63, 3.8) is 0 Å². The van der Waals surface area contributed by atoms with Crippen molar-refractivity contribution < 1.29 is 5.11 Å². The highest BCUT2D eigenvalue weighted by molar-refractivity contribution is 5.25. The maximum atomic E-state index is 11.9. The molecule has 0 radical (unpaired) electrons. The van der Waals surface area contributed by atoms with Crippen LogP contribution in [0.1, 0.15) is 44.1 Å². The van der Waals surface area contributed by atoms with Crippen LogP contribution in [0.2, 0.25) is 0 Å². The molecule has 6 rings (SSSR count). The lowest BCUT2D eigenvalue weighted by atomic mass is 9.47. The summed E-state index contributed by atoms with van der Waals surface area (Å²) in [6.45, 7) is 2.08. The van der Waals surface area contributed by atoms with Crippen molar-refractivity contribution in [1.29, 1.82) is 0 Å². The fraction of sp³-hybridized carbons (Fsp3) is 0.727. The van der Waals surface area contributed by atoms with E-state index in [1.54, 1.807) is 0 Å². The average molecular weight is 343 g/mol. The van der Waals surface area contributed by atoms with Crippen LogP contribution in [-0.4, -0.2) is 30.1 Å². The van der Waals surface area contributed by atoms with E-state index in [0.717, 1.165) is 54.7 Å². The second-order valence-corrected chi connectivity index (χ2v) is 9.42. The van der Waals surface area contributed by atoms with Crippen molar-refractivity contribution in [3.8, 4) is 0 Å². The number of piperidine rings is 1. The summed E-state index contributed by atoms with van der Waals surface area (Å²) in [4.78, 5) is 2.47. The van der Waals surface area contributed by atoms with Gasteiger partial charge in [-0.05, 0) is 80.7 Å². The molecule has 2 unspecified atom stereocenters. The zero-order valence-electron chi connectivity index (χ0n) is 15.6. The third-order valence-corrected chi connectivity index (χ3v) is 8.03. The molecule has 1 aromatic carbocycles. The number of benzene rings is 1. The number of hydrogen-bond acceptors (Lipinski definition) is 3. The Morgan fingerprint density at radius 2 is 1.56 bits per heavy atom. The van der Waals surface area contributed by atoms with Crippen LogP contribution in [0.25, 0.3) is 0 Å². The first kappa shape index (κ1) is 17.5. The molecule has 3 heteroatoms. The number of nitrogens with zero attached hydrogens (tertiary/aromatic N) is 1. The predicted molar refractivity (Wildman–Crippen MR) is 101 cm³/mol. The maximum Gasteiger partial charge on any atom is 0.0951 e. The van der Waals surface area contributed by atoms with Gasteiger partial charge in [0.05, 0.1) is 5.60 Å². The Labute approximate surface area is 152 Å². The maximum absolute atomic E-state index is 11.9. The normalized spacial score (nSPS) is 46.0. The van der Waals surface area contributed by atoms with E-state index in [2.05, 4.69) is 42.3 Å². The molecule has 1 aliphatic heterocycles. The second kappa shape index (κ2) is 6.37. The predicted octanol–water partition coefficient (Wildman–Crippen LogP) is 4.06. The van der Waals surface area contributed by atoms with Gasteiger partial charge in [-0.1, -0.05) is 30.3 Å². The molecule has 5 aliphatic rings. The van der Waals surface area contributed by atoms with Gasteiger partial charge in [0, 0.05) is 19.0 Å². The first-order chi connectivity index (χ1) is 11.6. The molecule has 4 saturated carbocycles. The van der Waals surface area contributed by atoms with Gasteiger partial charge < -0.3 is 16.2 Å². The van der Waals surface area contributed by atoms with E-state index in [9.17, 15) is 5.11 Å². The van der Waals surface area contributed by atoms with Crippen LogP contribution in [-0.2, 0) is 5.60 Å². The third-order valence-electron chi connectivity index (χ3n) is 8.03. The van der Waals surface area contributed by atoms with Crippen LogP contribution in [0.5, 0.6) is 0 Å². The topological polar surface area (TPSA) is 58.5 Å². The monoisotopic (exact) mass is 342 g/mol. The zero-order valence-corrected chi connectivity index (χ0v) is 15.6. The van der Waals surface area contributed by atoms with Crippen molar-refractivity contribution in [3.05, 3.63) is 35.9 Å². The molecule has 4 N–H and O–H groups in total.